The zero-order valence-corrected chi connectivity index (χ0v) is 15.5. The number of carbonyl (C=O) groups is 2. The zero-order valence-electron chi connectivity index (χ0n) is 15.5. The second-order valence-electron chi connectivity index (χ2n) is 6.51. The molecule has 2 N–H and O–H groups in total. The summed E-state index contributed by atoms with van der Waals surface area (Å²) in [5.74, 6) is 0.376. The van der Waals surface area contributed by atoms with E-state index in [0.29, 0.717) is 25.4 Å². The van der Waals surface area contributed by atoms with Gasteiger partial charge in [-0.3, -0.25) is 9.59 Å². The van der Waals surface area contributed by atoms with Crippen LogP contribution in [0.5, 0.6) is 5.75 Å². The number of hydrogen-bond acceptors (Lipinski definition) is 4. The molecule has 0 bridgehead atoms. The number of nitrogens with one attached hydrogen (secondary N) is 2. The van der Waals surface area contributed by atoms with E-state index in [2.05, 4.69) is 10.6 Å². The van der Waals surface area contributed by atoms with Gasteiger partial charge >= 0.3 is 0 Å². The molecule has 27 heavy (non-hydrogen) atoms. The van der Waals surface area contributed by atoms with Gasteiger partial charge in [0.1, 0.15) is 5.75 Å². The number of hydrogen-bond donors (Lipinski definition) is 2. The van der Waals surface area contributed by atoms with E-state index >= 15 is 0 Å². The molecule has 0 aliphatic carbocycles. The summed E-state index contributed by atoms with van der Waals surface area (Å²) in [4.78, 5) is 26.7. The van der Waals surface area contributed by atoms with Gasteiger partial charge in [-0.2, -0.15) is 0 Å². The van der Waals surface area contributed by atoms with E-state index < -0.39 is 6.10 Å². The van der Waals surface area contributed by atoms with Crippen molar-refractivity contribution in [3.05, 3.63) is 60.2 Å². The number of ether oxygens (including phenoxy) is 1. The van der Waals surface area contributed by atoms with Crippen molar-refractivity contribution in [2.24, 2.45) is 0 Å². The molecule has 0 spiro atoms. The van der Waals surface area contributed by atoms with Crippen LogP contribution in [0.3, 0.4) is 0 Å². The summed E-state index contributed by atoms with van der Waals surface area (Å²) in [6, 6.07) is 17.3. The number of benzene rings is 2. The predicted molar refractivity (Wildman–Crippen MR) is 105 cm³/mol. The third-order valence-corrected chi connectivity index (χ3v) is 4.37. The number of nitrogens with zero attached hydrogens (tertiary/aromatic N) is 1. The van der Waals surface area contributed by atoms with Crippen LogP contribution in [-0.2, 0) is 16.1 Å². The SMILES string of the molecule is CCCNC(=O)[C@@H]1CN(CC(=O)NCc2ccccc2)c2ccccc2O1. The van der Waals surface area contributed by atoms with Gasteiger partial charge < -0.3 is 20.3 Å². The van der Waals surface area contributed by atoms with Crippen molar-refractivity contribution in [1.29, 1.82) is 0 Å². The summed E-state index contributed by atoms with van der Waals surface area (Å²) in [5, 5.41) is 5.80. The minimum absolute atomic E-state index is 0.0942. The van der Waals surface area contributed by atoms with E-state index in [1.54, 1.807) is 0 Å². The number of anilines is 1. The van der Waals surface area contributed by atoms with E-state index in [4.69, 9.17) is 4.74 Å². The highest BCUT2D eigenvalue weighted by Crippen LogP contribution is 2.32. The van der Waals surface area contributed by atoms with Crippen LogP contribution >= 0.6 is 0 Å². The number of rotatable bonds is 7. The molecule has 2 aromatic rings. The van der Waals surface area contributed by atoms with Gasteiger partial charge in [-0.25, -0.2) is 0 Å². The van der Waals surface area contributed by atoms with E-state index in [9.17, 15) is 9.59 Å². The topological polar surface area (TPSA) is 70.7 Å². The standard InChI is InChI=1S/C21H25N3O3/c1-2-12-22-21(26)19-14-24(17-10-6-7-11-18(17)27-19)15-20(25)23-13-16-8-4-3-5-9-16/h3-11,19H,2,12-15H2,1H3,(H,22,26)(H,23,25)/t19-/m0/s1. The first-order valence-corrected chi connectivity index (χ1v) is 9.26. The van der Waals surface area contributed by atoms with Crippen LogP contribution in [0.15, 0.2) is 54.6 Å². The van der Waals surface area contributed by atoms with Gasteiger partial charge in [0.25, 0.3) is 5.91 Å². The molecule has 0 fully saturated rings. The minimum atomic E-state index is -0.631. The summed E-state index contributed by atoms with van der Waals surface area (Å²) in [6.07, 6.45) is 0.231. The lowest BCUT2D eigenvalue weighted by Crippen LogP contribution is -2.51. The highest BCUT2D eigenvalue weighted by molar-refractivity contribution is 5.86. The molecule has 1 aliphatic heterocycles. The lowest BCUT2D eigenvalue weighted by atomic mass is 10.1. The van der Waals surface area contributed by atoms with E-state index in [1.807, 2.05) is 66.4 Å². The maximum Gasteiger partial charge on any atom is 0.262 e. The minimum Gasteiger partial charge on any atom is -0.477 e. The lowest BCUT2D eigenvalue weighted by molar-refractivity contribution is -0.128. The molecule has 6 heteroatoms. The van der Waals surface area contributed by atoms with Crippen molar-refractivity contribution in [2.75, 3.05) is 24.5 Å². The van der Waals surface area contributed by atoms with Crippen molar-refractivity contribution in [2.45, 2.75) is 26.0 Å². The van der Waals surface area contributed by atoms with Crippen molar-refractivity contribution < 1.29 is 14.3 Å². The van der Waals surface area contributed by atoms with Gasteiger partial charge in [0.05, 0.1) is 18.8 Å². The third kappa shape index (κ3) is 5.00. The van der Waals surface area contributed by atoms with Crippen molar-refractivity contribution >= 4 is 17.5 Å². The Morgan fingerprint density at radius 3 is 2.59 bits per heavy atom. The fourth-order valence-corrected chi connectivity index (χ4v) is 2.98. The molecule has 3 rings (SSSR count). The first kappa shape index (κ1) is 18.8. The monoisotopic (exact) mass is 367 g/mol. The molecule has 142 valence electrons. The number of amides is 2. The van der Waals surface area contributed by atoms with Gasteiger partial charge in [0, 0.05) is 13.1 Å². The fourth-order valence-electron chi connectivity index (χ4n) is 2.98. The average molecular weight is 367 g/mol. The van der Waals surface area contributed by atoms with Gasteiger partial charge in [0.2, 0.25) is 5.91 Å². The molecule has 1 heterocycles. The average Bonchev–Trinajstić information content (AvgIpc) is 2.71. The fraction of sp³-hybridized carbons (Fsp3) is 0.333. The predicted octanol–water partition coefficient (Wildman–Crippen LogP) is 2.10. The van der Waals surface area contributed by atoms with Crippen LogP contribution in [0.25, 0.3) is 0 Å². The smallest absolute Gasteiger partial charge is 0.262 e. The number of carbonyl (C=O) groups excluding carboxylic acids is 2. The van der Waals surface area contributed by atoms with Gasteiger partial charge in [-0.05, 0) is 24.1 Å². The molecular formula is C21H25N3O3. The van der Waals surface area contributed by atoms with Crippen LogP contribution in [-0.4, -0.2) is 37.6 Å². The van der Waals surface area contributed by atoms with Gasteiger partial charge in [-0.15, -0.1) is 0 Å². The molecule has 0 saturated carbocycles. The molecule has 6 nitrogen and oxygen atoms in total. The summed E-state index contributed by atoms with van der Waals surface area (Å²) >= 11 is 0. The van der Waals surface area contributed by atoms with Crippen molar-refractivity contribution in [3.63, 3.8) is 0 Å². The Morgan fingerprint density at radius 1 is 1.07 bits per heavy atom. The molecule has 0 unspecified atom stereocenters. The lowest BCUT2D eigenvalue weighted by Gasteiger charge is -2.35. The zero-order chi connectivity index (χ0) is 19.1. The highest BCUT2D eigenvalue weighted by atomic mass is 16.5. The first-order valence-electron chi connectivity index (χ1n) is 9.26. The molecule has 2 amide bonds. The Bertz CT molecular complexity index is 779. The van der Waals surface area contributed by atoms with Crippen LogP contribution in [0.2, 0.25) is 0 Å². The third-order valence-electron chi connectivity index (χ3n) is 4.37. The normalized spacial score (nSPS) is 15.4. The van der Waals surface area contributed by atoms with Crippen LogP contribution in [0.1, 0.15) is 18.9 Å². The number of para-hydroxylation sites is 2. The molecular weight excluding hydrogens is 342 g/mol. The molecule has 0 saturated heterocycles. The maximum atomic E-state index is 12.4. The Balaban J connectivity index is 1.65. The van der Waals surface area contributed by atoms with Gasteiger partial charge in [-0.1, -0.05) is 49.4 Å². The first-order chi connectivity index (χ1) is 13.2. The summed E-state index contributed by atoms with van der Waals surface area (Å²) < 4.78 is 5.85. The summed E-state index contributed by atoms with van der Waals surface area (Å²) in [6.45, 7) is 3.60. The molecule has 1 atom stereocenters. The Kier molecular flexibility index (Phi) is 6.30. The Morgan fingerprint density at radius 2 is 1.81 bits per heavy atom. The van der Waals surface area contributed by atoms with Gasteiger partial charge in [0.15, 0.2) is 6.10 Å². The van der Waals surface area contributed by atoms with Crippen LogP contribution in [0.4, 0.5) is 5.69 Å². The quantitative estimate of drug-likeness (QED) is 0.786. The molecule has 2 aromatic carbocycles. The van der Waals surface area contributed by atoms with Crippen LogP contribution < -0.4 is 20.3 Å². The van der Waals surface area contributed by atoms with Crippen molar-refractivity contribution in [1.82, 2.24) is 10.6 Å². The van der Waals surface area contributed by atoms with Crippen LogP contribution in [0, 0.1) is 0 Å². The Hall–Kier alpha value is -3.02. The molecule has 0 aromatic heterocycles. The van der Waals surface area contributed by atoms with E-state index in [0.717, 1.165) is 17.7 Å². The summed E-state index contributed by atoms with van der Waals surface area (Å²) in [7, 11) is 0. The van der Waals surface area contributed by atoms with E-state index in [1.165, 1.54) is 0 Å². The Labute approximate surface area is 159 Å². The van der Waals surface area contributed by atoms with E-state index in [-0.39, 0.29) is 18.4 Å². The highest BCUT2D eigenvalue weighted by Gasteiger charge is 2.31. The molecule has 0 radical (unpaired) electrons. The maximum absolute atomic E-state index is 12.4. The summed E-state index contributed by atoms with van der Waals surface area (Å²) in [5.41, 5.74) is 1.87. The van der Waals surface area contributed by atoms with Crippen molar-refractivity contribution in [3.8, 4) is 5.75 Å². The largest absolute Gasteiger partial charge is 0.477 e. The molecule has 1 aliphatic rings. The second kappa shape index (κ2) is 9.07. The second-order valence-corrected chi connectivity index (χ2v) is 6.51. The number of fused-ring (bicyclic) bond motifs is 1.